The zero-order chi connectivity index (χ0) is 20.3. The van der Waals surface area contributed by atoms with Crippen molar-refractivity contribution in [2.45, 2.75) is 39.7 Å². The van der Waals surface area contributed by atoms with Gasteiger partial charge in [0.1, 0.15) is 17.2 Å². The molecule has 1 amide bonds. The standard InChI is InChI=1S/C23H29NO4/c1-15-11-16(2)23(17(3)12-15)28-14-22(25)24-10-6-7-20(24)19-9-8-18(26-4)13-21(19)27-5/h8-9,11-13,20H,6-7,10,14H2,1-5H3/t20-/m0/s1. The number of hydrogen-bond acceptors (Lipinski definition) is 4. The lowest BCUT2D eigenvalue weighted by Gasteiger charge is -2.27. The SMILES string of the molecule is COc1ccc([C@@H]2CCCN2C(=O)COc2c(C)cc(C)cc2C)c(OC)c1. The molecule has 0 saturated carbocycles. The molecule has 2 aromatic rings. The van der Waals surface area contributed by atoms with E-state index in [-0.39, 0.29) is 18.6 Å². The second kappa shape index (κ2) is 8.55. The largest absolute Gasteiger partial charge is 0.497 e. The van der Waals surface area contributed by atoms with Gasteiger partial charge in [-0.15, -0.1) is 0 Å². The maximum Gasteiger partial charge on any atom is 0.261 e. The second-order valence-electron chi connectivity index (χ2n) is 7.37. The highest BCUT2D eigenvalue weighted by Crippen LogP contribution is 2.38. The smallest absolute Gasteiger partial charge is 0.261 e. The number of ether oxygens (including phenoxy) is 3. The first-order valence-electron chi connectivity index (χ1n) is 9.66. The highest BCUT2D eigenvalue weighted by molar-refractivity contribution is 5.79. The van der Waals surface area contributed by atoms with Gasteiger partial charge in [0.2, 0.25) is 0 Å². The van der Waals surface area contributed by atoms with Gasteiger partial charge in [-0.25, -0.2) is 0 Å². The molecule has 150 valence electrons. The van der Waals surface area contributed by atoms with Crippen LogP contribution in [0, 0.1) is 20.8 Å². The zero-order valence-electron chi connectivity index (χ0n) is 17.4. The van der Waals surface area contributed by atoms with Crippen LogP contribution in [0.5, 0.6) is 17.2 Å². The molecule has 0 radical (unpaired) electrons. The summed E-state index contributed by atoms with van der Waals surface area (Å²) in [5.74, 6) is 2.29. The molecule has 1 aliphatic heterocycles. The molecule has 0 aromatic heterocycles. The molecule has 0 spiro atoms. The molecular weight excluding hydrogens is 354 g/mol. The van der Waals surface area contributed by atoms with E-state index < -0.39 is 0 Å². The molecule has 28 heavy (non-hydrogen) atoms. The van der Waals surface area contributed by atoms with E-state index in [1.807, 2.05) is 36.9 Å². The Kier molecular flexibility index (Phi) is 6.12. The van der Waals surface area contributed by atoms with Gasteiger partial charge in [0.25, 0.3) is 5.91 Å². The molecule has 3 rings (SSSR count). The average molecular weight is 383 g/mol. The number of aryl methyl sites for hydroxylation is 3. The van der Waals surface area contributed by atoms with Gasteiger partial charge in [0.05, 0.1) is 20.3 Å². The summed E-state index contributed by atoms with van der Waals surface area (Å²) in [6.45, 7) is 6.86. The molecule has 5 heteroatoms. The third-order valence-corrected chi connectivity index (χ3v) is 5.32. The number of nitrogens with zero attached hydrogens (tertiary/aromatic N) is 1. The van der Waals surface area contributed by atoms with E-state index in [1.165, 1.54) is 5.56 Å². The van der Waals surface area contributed by atoms with E-state index in [0.29, 0.717) is 0 Å². The van der Waals surface area contributed by atoms with Crippen LogP contribution in [-0.4, -0.2) is 38.2 Å². The van der Waals surface area contributed by atoms with E-state index in [1.54, 1.807) is 14.2 Å². The van der Waals surface area contributed by atoms with Crippen LogP contribution < -0.4 is 14.2 Å². The molecule has 0 aliphatic carbocycles. The van der Waals surface area contributed by atoms with Crippen LogP contribution in [0.3, 0.4) is 0 Å². The fourth-order valence-corrected chi connectivity index (χ4v) is 4.09. The Morgan fingerprint density at radius 3 is 2.43 bits per heavy atom. The van der Waals surface area contributed by atoms with Gasteiger partial charge in [-0.1, -0.05) is 17.7 Å². The summed E-state index contributed by atoms with van der Waals surface area (Å²) in [5, 5.41) is 0. The minimum atomic E-state index is -0.00262. The monoisotopic (exact) mass is 383 g/mol. The number of benzene rings is 2. The van der Waals surface area contributed by atoms with Crippen molar-refractivity contribution in [3.8, 4) is 17.2 Å². The van der Waals surface area contributed by atoms with Crippen LogP contribution in [0.4, 0.5) is 0 Å². The number of carbonyl (C=O) groups is 1. The van der Waals surface area contributed by atoms with Crippen molar-refractivity contribution in [2.75, 3.05) is 27.4 Å². The normalized spacial score (nSPS) is 16.2. The molecule has 1 aliphatic rings. The molecule has 0 N–H and O–H groups in total. The van der Waals surface area contributed by atoms with Crippen molar-refractivity contribution < 1.29 is 19.0 Å². The van der Waals surface area contributed by atoms with Gasteiger partial charge in [-0.3, -0.25) is 4.79 Å². The molecular formula is C23H29NO4. The number of methoxy groups -OCH3 is 2. The summed E-state index contributed by atoms with van der Waals surface area (Å²) in [4.78, 5) is 14.9. The first-order chi connectivity index (χ1) is 13.4. The molecule has 1 fully saturated rings. The first-order valence-corrected chi connectivity index (χ1v) is 9.66. The lowest BCUT2D eigenvalue weighted by molar-refractivity contribution is -0.134. The Labute approximate surface area is 167 Å². The summed E-state index contributed by atoms with van der Waals surface area (Å²) in [7, 11) is 3.28. The van der Waals surface area contributed by atoms with Crippen molar-refractivity contribution in [3.05, 3.63) is 52.6 Å². The van der Waals surface area contributed by atoms with Gasteiger partial charge in [0.15, 0.2) is 6.61 Å². The van der Waals surface area contributed by atoms with Crippen molar-refractivity contribution >= 4 is 5.91 Å². The zero-order valence-corrected chi connectivity index (χ0v) is 17.4. The maximum atomic E-state index is 13.0. The van der Waals surface area contributed by atoms with Crippen molar-refractivity contribution in [1.82, 2.24) is 4.90 Å². The van der Waals surface area contributed by atoms with E-state index in [2.05, 4.69) is 19.1 Å². The summed E-state index contributed by atoms with van der Waals surface area (Å²) >= 11 is 0. The van der Waals surface area contributed by atoms with Crippen molar-refractivity contribution in [3.63, 3.8) is 0 Å². The predicted molar refractivity (Wildman–Crippen MR) is 109 cm³/mol. The molecule has 1 heterocycles. The predicted octanol–water partition coefficient (Wildman–Crippen LogP) is 4.37. The van der Waals surface area contributed by atoms with Crippen LogP contribution in [0.1, 0.15) is 41.1 Å². The molecule has 5 nitrogen and oxygen atoms in total. The summed E-state index contributed by atoms with van der Waals surface area (Å²) in [6.07, 6.45) is 1.88. The maximum absolute atomic E-state index is 13.0. The summed E-state index contributed by atoms with van der Waals surface area (Å²) in [6, 6.07) is 9.92. The van der Waals surface area contributed by atoms with Crippen LogP contribution in [0.15, 0.2) is 30.3 Å². The Hall–Kier alpha value is -2.69. The van der Waals surface area contributed by atoms with Crippen LogP contribution in [-0.2, 0) is 4.79 Å². The van der Waals surface area contributed by atoms with Crippen molar-refractivity contribution in [1.29, 1.82) is 0 Å². The minimum Gasteiger partial charge on any atom is -0.497 e. The van der Waals surface area contributed by atoms with Crippen LogP contribution >= 0.6 is 0 Å². The summed E-state index contributed by atoms with van der Waals surface area (Å²) in [5.41, 5.74) is 4.32. The van der Waals surface area contributed by atoms with E-state index in [4.69, 9.17) is 14.2 Å². The Morgan fingerprint density at radius 2 is 1.79 bits per heavy atom. The van der Waals surface area contributed by atoms with Crippen LogP contribution in [0.25, 0.3) is 0 Å². The molecule has 0 bridgehead atoms. The van der Waals surface area contributed by atoms with Gasteiger partial charge in [0, 0.05) is 18.2 Å². The van der Waals surface area contributed by atoms with Gasteiger partial charge in [-0.2, -0.15) is 0 Å². The Morgan fingerprint density at radius 1 is 1.07 bits per heavy atom. The Bertz CT molecular complexity index is 839. The number of likely N-dealkylation sites (tertiary alicyclic amines) is 1. The molecule has 0 unspecified atom stereocenters. The number of hydrogen-bond donors (Lipinski definition) is 0. The van der Waals surface area contributed by atoms with Gasteiger partial charge < -0.3 is 19.1 Å². The number of rotatable bonds is 6. The third-order valence-electron chi connectivity index (χ3n) is 5.32. The third kappa shape index (κ3) is 4.08. The van der Waals surface area contributed by atoms with Gasteiger partial charge in [-0.05, 0) is 56.9 Å². The molecule has 1 atom stereocenters. The fraction of sp³-hybridized carbons (Fsp3) is 0.435. The number of carbonyl (C=O) groups excluding carboxylic acids is 1. The Balaban J connectivity index is 1.75. The average Bonchev–Trinajstić information content (AvgIpc) is 3.16. The molecule has 1 saturated heterocycles. The summed E-state index contributed by atoms with van der Waals surface area (Å²) < 4.78 is 16.8. The number of amides is 1. The van der Waals surface area contributed by atoms with Crippen molar-refractivity contribution in [2.24, 2.45) is 0 Å². The highest BCUT2D eigenvalue weighted by atomic mass is 16.5. The molecule has 2 aromatic carbocycles. The van der Waals surface area contributed by atoms with Crippen LogP contribution in [0.2, 0.25) is 0 Å². The lowest BCUT2D eigenvalue weighted by Crippen LogP contribution is -2.34. The highest BCUT2D eigenvalue weighted by Gasteiger charge is 2.32. The van der Waals surface area contributed by atoms with E-state index in [0.717, 1.165) is 53.3 Å². The fourth-order valence-electron chi connectivity index (χ4n) is 4.09. The van der Waals surface area contributed by atoms with Gasteiger partial charge >= 0.3 is 0 Å². The van der Waals surface area contributed by atoms with E-state index in [9.17, 15) is 4.79 Å². The minimum absolute atomic E-state index is 0.000235. The lowest BCUT2D eigenvalue weighted by atomic mass is 10.0. The second-order valence-corrected chi connectivity index (χ2v) is 7.37. The van der Waals surface area contributed by atoms with E-state index >= 15 is 0 Å². The first kappa shape index (κ1) is 20.1. The topological polar surface area (TPSA) is 48.0 Å². The quantitative estimate of drug-likeness (QED) is 0.743.